The molecule has 5 N–H and O–H groups in total. The van der Waals surface area contributed by atoms with Gasteiger partial charge in [0.1, 0.15) is 11.3 Å². The van der Waals surface area contributed by atoms with E-state index in [0.717, 1.165) is 25.7 Å². The second-order valence-electron chi connectivity index (χ2n) is 5.66. The van der Waals surface area contributed by atoms with E-state index in [4.69, 9.17) is 21.1 Å². The summed E-state index contributed by atoms with van der Waals surface area (Å²) in [5.41, 5.74) is 5.48. The Labute approximate surface area is 129 Å². The van der Waals surface area contributed by atoms with Gasteiger partial charge in [0, 0.05) is 0 Å². The van der Waals surface area contributed by atoms with E-state index in [-0.39, 0.29) is 23.1 Å². The number of aromatic hydroxyl groups is 1. The minimum Gasteiger partial charge on any atom is -0.507 e. The smallest absolute Gasteiger partial charge is 0.339 e. The molecule has 0 spiro atoms. The Morgan fingerprint density at radius 3 is 2.09 bits per heavy atom. The number of aliphatic carboxylic acids is 1. The molecule has 0 atom stereocenters. The van der Waals surface area contributed by atoms with Crippen molar-refractivity contribution in [1.29, 1.82) is 0 Å². The summed E-state index contributed by atoms with van der Waals surface area (Å²) < 4.78 is 0. The SMILES string of the molecule is NCC1(CC(=O)O)CCCCC1.O=C(O)c1ccccc1O. The number of nitrogens with two attached hydrogens (primary N) is 1. The van der Waals surface area contributed by atoms with Crippen LogP contribution in [-0.4, -0.2) is 33.8 Å². The maximum atomic E-state index is 10.6. The molecule has 22 heavy (non-hydrogen) atoms. The lowest BCUT2D eigenvalue weighted by molar-refractivity contribution is -0.140. The molecule has 122 valence electrons. The maximum Gasteiger partial charge on any atom is 0.339 e. The lowest BCUT2D eigenvalue weighted by Crippen LogP contribution is -2.34. The third kappa shape index (κ3) is 5.37. The molecule has 1 fully saturated rings. The molecule has 0 saturated heterocycles. The number of carboxylic acids is 2. The maximum absolute atomic E-state index is 10.6. The Bertz CT molecular complexity index is 509. The predicted molar refractivity (Wildman–Crippen MR) is 81.9 cm³/mol. The molecule has 0 heterocycles. The molecule has 2 rings (SSSR count). The van der Waals surface area contributed by atoms with E-state index in [1.807, 2.05) is 0 Å². The third-order valence-electron chi connectivity index (χ3n) is 4.01. The summed E-state index contributed by atoms with van der Waals surface area (Å²) in [6.45, 7) is 0.527. The zero-order valence-corrected chi connectivity index (χ0v) is 12.5. The van der Waals surface area contributed by atoms with Gasteiger partial charge in [-0.25, -0.2) is 4.79 Å². The first-order valence-corrected chi connectivity index (χ1v) is 7.33. The third-order valence-corrected chi connectivity index (χ3v) is 4.01. The molecule has 1 aromatic rings. The summed E-state index contributed by atoms with van der Waals surface area (Å²) in [6, 6.07) is 5.81. The van der Waals surface area contributed by atoms with Gasteiger partial charge >= 0.3 is 11.9 Å². The van der Waals surface area contributed by atoms with Crippen LogP contribution in [0.3, 0.4) is 0 Å². The van der Waals surface area contributed by atoms with Crippen LogP contribution >= 0.6 is 0 Å². The van der Waals surface area contributed by atoms with E-state index >= 15 is 0 Å². The molecule has 1 aromatic carbocycles. The van der Waals surface area contributed by atoms with Crippen molar-refractivity contribution in [2.45, 2.75) is 38.5 Å². The molecule has 0 aliphatic heterocycles. The van der Waals surface area contributed by atoms with E-state index in [1.54, 1.807) is 12.1 Å². The van der Waals surface area contributed by atoms with Gasteiger partial charge in [0.2, 0.25) is 0 Å². The Kier molecular flexibility index (Phi) is 6.85. The van der Waals surface area contributed by atoms with Crippen LogP contribution < -0.4 is 5.73 Å². The van der Waals surface area contributed by atoms with Crippen LogP contribution in [0.2, 0.25) is 0 Å². The number of hydrogen-bond acceptors (Lipinski definition) is 4. The van der Waals surface area contributed by atoms with Gasteiger partial charge in [0.05, 0.1) is 6.42 Å². The van der Waals surface area contributed by atoms with E-state index in [1.165, 1.54) is 18.6 Å². The fourth-order valence-electron chi connectivity index (χ4n) is 2.73. The number of para-hydroxylation sites is 1. The van der Waals surface area contributed by atoms with Crippen molar-refractivity contribution >= 4 is 11.9 Å². The second-order valence-corrected chi connectivity index (χ2v) is 5.66. The molecule has 1 aliphatic rings. The van der Waals surface area contributed by atoms with Crippen molar-refractivity contribution in [3.63, 3.8) is 0 Å². The summed E-state index contributed by atoms with van der Waals surface area (Å²) in [7, 11) is 0. The molecule has 0 unspecified atom stereocenters. The molecule has 0 amide bonds. The standard InChI is InChI=1S/C9H17NO2.C7H6O3/c10-7-9(6-8(11)12)4-2-1-3-5-9;8-6-4-2-1-3-5(6)7(9)10/h1-7,10H2,(H,11,12);1-4,8H,(H,9,10). The quantitative estimate of drug-likeness (QED) is 0.678. The van der Waals surface area contributed by atoms with Crippen molar-refractivity contribution in [2.24, 2.45) is 11.1 Å². The van der Waals surface area contributed by atoms with E-state index in [9.17, 15) is 9.59 Å². The Balaban J connectivity index is 0.000000224. The number of benzene rings is 1. The second kappa shape index (κ2) is 8.38. The summed E-state index contributed by atoms with van der Waals surface area (Å²) in [5.74, 6) is -2.02. The van der Waals surface area contributed by atoms with Crippen LogP contribution in [0.25, 0.3) is 0 Å². The summed E-state index contributed by atoms with van der Waals surface area (Å²) >= 11 is 0. The normalized spacial score (nSPS) is 16.2. The van der Waals surface area contributed by atoms with Crippen LogP contribution in [-0.2, 0) is 4.79 Å². The molecule has 1 aliphatic carbocycles. The van der Waals surface area contributed by atoms with Crippen molar-refractivity contribution in [2.75, 3.05) is 6.54 Å². The van der Waals surface area contributed by atoms with Crippen molar-refractivity contribution < 1.29 is 24.9 Å². The minimum absolute atomic E-state index is 0.0671. The summed E-state index contributed by atoms with van der Waals surface area (Å²) in [6.07, 6.45) is 5.77. The highest BCUT2D eigenvalue weighted by Crippen LogP contribution is 2.38. The number of phenols is 1. The fourth-order valence-corrected chi connectivity index (χ4v) is 2.73. The van der Waals surface area contributed by atoms with Crippen LogP contribution in [0, 0.1) is 5.41 Å². The first-order valence-electron chi connectivity index (χ1n) is 7.33. The Hall–Kier alpha value is -2.08. The number of carboxylic acid groups (broad SMARTS) is 2. The Morgan fingerprint density at radius 2 is 1.68 bits per heavy atom. The molecule has 1 saturated carbocycles. The molecule has 0 radical (unpaired) electrons. The van der Waals surface area contributed by atoms with E-state index in [2.05, 4.69) is 0 Å². The predicted octanol–water partition coefficient (Wildman–Crippen LogP) is 2.46. The van der Waals surface area contributed by atoms with Gasteiger partial charge in [-0.15, -0.1) is 0 Å². The van der Waals surface area contributed by atoms with Gasteiger partial charge in [-0.2, -0.15) is 0 Å². The number of carbonyl (C=O) groups is 2. The fraction of sp³-hybridized carbons (Fsp3) is 0.500. The van der Waals surface area contributed by atoms with Gasteiger partial charge < -0.3 is 21.1 Å². The Morgan fingerprint density at radius 1 is 1.09 bits per heavy atom. The minimum atomic E-state index is -1.11. The molecular formula is C16H23NO5. The lowest BCUT2D eigenvalue weighted by Gasteiger charge is -2.34. The molecule has 6 nitrogen and oxygen atoms in total. The number of rotatable bonds is 4. The molecule has 6 heteroatoms. The average molecular weight is 309 g/mol. The van der Waals surface area contributed by atoms with Gasteiger partial charge in [-0.1, -0.05) is 31.4 Å². The number of hydrogen-bond donors (Lipinski definition) is 4. The highest BCUT2D eigenvalue weighted by atomic mass is 16.4. The van der Waals surface area contributed by atoms with Crippen LogP contribution in [0.4, 0.5) is 0 Å². The lowest BCUT2D eigenvalue weighted by atomic mass is 9.72. The highest BCUT2D eigenvalue weighted by Gasteiger charge is 2.32. The first-order chi connectivity index (χ1) is 10.4. The number of aromatic carboxylic acids is 1. The van der Waals surface area contributed by atoms with Crippen LogP contribution in [0.15, 0.2) is 24.3 Å². The van der Waals surface area contributed by atoms with Crippen LogP contribution in [0.5, 0.6) is 5.75 Å². The highest BCUT2D eigenvalue weighted by molar-refractivity contribution is 5.90. The van der Waals surface area contributed by atoms with Gasteiger partial charge in [0.15, 0.2) is 0 Å². The average Bonchev–Trinajstić information content (AvgIpc) is 2.48. The van der Waals surface area contributed by atoms with Gasteiger partial charge in [-0.05, 0) is 36.9 Å². The zero-order valence-electron chi connectivity index (χ0n) is 12.5. The van der Waals surface area contributed by atoms with Crippen LogP contribution in [0.1, 0.15) is 48.9 Å². The molecule has 0 bridgehead atoms. The van der Waals surface area contributed by atoms with Crippen molar-refractivity contribution in [1.82, 2.24) is 0 Å². The summed E-state index contributed by atoms with van der Waals surface area (Å²) in [5, 5.41) is 26.0. The van der Waals surface area contributed by atoms with Gasteiger partial charge in [0.25, 0.3) is 0 Å². The molecule has 0 aromatic heterocycles. The topological polar surface area (TPSA) is 121 Å². The monoisotopic (exact) mass is 309 g/mol. The largest absolute Gasteiger partial charge is 0.507 e. The summed E-state index contributed by atoms with van der Waals surface area (Å²) in [4.78, 5) is 20.8. The zero-order chi connectivity index (χ0) is 16.6. The van der Waals surface area contributed by atoms with Crippen molar-refractivity contribution in [3.8, 4) is 5.75 Å². The van der Waals surface area contributed by atoms with Crippen molar-refractivity contribution in [3.05, 3.63) is 29.8 Å². The molecular weight excluding hydrogens is 286 g/mol. The van der Waals surface area contributed by atoms with E-state index in [0.29, 0.717) is 6.54 Å². The van der Waals surface area contributed by atoms with E-state index < -0.39 is 11.9 Å². The van der Waals surface area contributed by atoms with Gasteiger partial charge in [-0.3, -0.25) is 4.79 Å². The first kappa shape index (κ1) is 18.0.